The van der Waals surface area contributed by atoms with Crippen LogP contribution in [0, 0.1) is 20.8 Å². The summed E-state index contributed by atoms with van der Waals surface area (Å²) in [5.41, 5.74) is 3.41. The molecule has 0 aliphatic carbocycles. The second-order valence-electron chi connectivity index (χ2n) is 3.85. The first-order valence-corrected chi connectivity index (χ1v) is 4.88. The Morgan fingerprint density at radius 3 is 1.81 bits per heavy atom. The quantitative estimate of drug-likeness (QED) is 0.725. The van der Waals surface area contributed by atoms with E-state index in [1.165, 1.54) is 0 Å². The van der Waals surface area contributed by atoms with Crippen LogP contribution in [0.1, 0.15) is 16.7 Å². The van der Waals surface area contributed by atoms with Crippen LogP contribution in [0.3, 0.4) is 0 Å². The van der Waals surface area contributed by atoms with Crippen molar-refractivity contribution < 1.29 is 9.59 Å². The fourth-order valence-electron chi connectivity index (χ4n) is 1.97. The van der Waals surface area contributed by atoms with Gasteiger partial charge in [0.2, 0.25) is 0 Å². The van der Waals surface area contributed by atoms with Crippen molar-refractivity contribution >= 4 is 17.7 Å². The number of aryl methyl sites for hydroxylation is 3. The summed E-state index contributed by atoms with van der Waals surface area (Å²) in [7, 11) is 0. The van der Waals surface area contributed by atoms with Gasteiger partial charge < -0.3 is 0 Å². The van der Waals surface area contributed by atoms with Crippen LogP contribution >= 0.6 is 0 Å². The van der Waals surface area contributed by atoms with Gasteiger partial charge in [-0.25, -0.2) is 14.5 Å². The number of nitrogens with zero attached hydrogens (tertiary/aromatic N) is 3. The number of carbonyl (C=O) groups is 2. The zero-order valence-electron chi connectivity index (χ0n) is 9.31. The molecule has 0 radical (unpaired) electrons. The van der Waals surface area contributed by atoms with Crippen LogP contribution in [0.2, 0.25) is 0 Å². The van der Waals surface area contributed by atoms with E-state index in [0.29, 0.717) is 5.69 Å². The summed E-state index contributed by atoms with van der Waals surface area (Å²) in [6.07, 6.45) is 0. The van der Waals surface area contributed by atoms with Gasteiger partial charge in [-0.15, -0.1) is 0 Å². The number of hydrogen-bond acceptors (Lipinski definition) is 2. The first kappa shape index (κ1) is 10.5. The molecule has 1 aromatic rings. The minimum atomic E-state index is -0.625. The fourth-order valence-corrected chi connectivity index (χ4v) is 1.97. The standard InChI is InChI=1S/C11H11N3O2/c1-6-4-7(2)9(8(3)5-6)14-10(15)12-13-11(14)16/h4-5H,1-3H3. The maximum absolute atomic E-state index is 11.4. The number of imide groups is 1. The lowest BCUT2D eigenvalue weighted by Gasteiger charge is -2.17. The van der Waals surface area contributed by atoms with Gasteiger partial charge in [0.15, 0.2) is 0 Å². The van der Waals surface area contributed by atoms with Crippen molar-refractivity contribution in [2.24, 2.45) is 10.2 Å². The predicted molar refractivity (Wildman–Crippen MR) is 58.8 cm³/mol. The van der Waals surface area contributed by atoms with Crippen LogP contribution in [0.5, 0.6) is 0 Å². The van der Waals surface area contributed by atoms with Crippen molar-refractivity contribution in [3.63, 3.8) is 0 Å². The highest BCUT2D eigenvalue weighted by Crippen LogP contribution is 2.29. The van der Waals surface area contributed by atoms with Crippen molar-refractivity contribution in [1.29, 1.82) is 0 Å². The number of rotatable bonds is 1. The molecule has 0 bridgehead atoms. The Balaban J connectivity index is 2.57. The highest BCUT2D eigenvalue weighted by molar-refractivity contribution is 6.18. The zero-order chi connectivity index (χ0) is 11.9. The lowest BCUT2D eigenvalue weighted by Crippen LogP contribution is -2.29. The normalized spacial score (nSPS) is 15.1. The molecule has 1 aliphatic rings. The number of hydrogen-bond donors (Lipinski definition) is 0. The molecule has 4 amide bonds. The highest BCUT2D eigenvalue weighted by atomic mass is 16.2. The first-order chi connectivity index (χ1) is 7.50. The third kappa shape index (κ3) is 1.50. The molecule has 0 unspecified atom stereocenters. The Bertz CT molecular complexity index is 479. The van der Waals surface area contributed by atoms with E-state index in [4.69, 9.17) is 0 Å². The van der Waals surface area contributed by atoms with Crippen molar-refractivity contribution in [2.45, 2.75) is 20.8 Å². The molecule has 0 saturated carbocycles. The average Bonchev–Trinajstić information content (AvgIpc) is 2.47. The summed E-state index contributed by atoms with van der Waals surface area (Å²) in [4.78, 5) is 23.8. The van der Waals surface area contributed by atoms with Crippen molar-refractivity contribution in [3.8, 4) is 0 Å². The molecule has 0 N–H and O–H groups in total. The molecule has 1 aromatic carbocycles. The lowest BCUT2D eigenvalue weighted by molar-refractivity contribution is 0.249. The van der Waals surface area contributed by atoms with E-state index in [1.807, 2.05) is 32.9 Å². The highest BCUT2D eigenvalue weighted by Gasteiger charge is 2.31. The van der Waals surface area contributed by atoms with Gasteiger partial charge in [0, 0.05) is 0 Å². The van der Waals surface area contributed by atoms with E-state index in [9.17, 15) is 9.59 Å². The minimum Gasteiger partial charge on any atom is -0.243 e. The zero-order valence-corrected chi connectivity index (χ0v) is 9.31. The lowest BCUT2D eigenvalue weighted by atomic mass is 10.0. The molecule has 2 rings (SSSR count). The first-order valence-electron chi connectivity index (χ1n) is 4.88. The Hall–Kier alpha value is -2.04. The van der Waals surface area contributed by atoms with Gasteiger partial charge in [-0.05, 0) is 31.9 Å². The average molecular weight is 217 g/mol. The molecule has 16 heavy (non-hydrogen) atoms. The number of carbonyl (C=O) groups excluding carboxylic acids is 2. The minimum absolute atomic E-state index is 0.589. The van der Waals surface area contributed by atoms with Crippen LogP contribution in [0.15, 0.2) is 22.4 Å². The largest absolute Gasteiger partial charge is 0.375 e. The maximum Gasteiger partial charge on any atom is 0.375 e. The molecule has 0 atom stereocenters. The number of urea groups is 2. The van der Waals surface area contributed by atoms with E-state index < -0.39 is 12.1 Å². The molecular formula is C11H11N3O2. The SMILES string of the molecule is Cc1cc(C)c(N2C(=O)N=NC2=O)c(C)c1. The van der Waals surface area contributed by atoms with E-state index in [0.717, 1.165) is 21.6 Å². The molecule has 5 nitrogen and oxygen atoms in total. The van der Waals surface area contributed by atoms with Crippen molar-refractivity contribution in [1.82, 2.24) is 0 Å². The summed E-state index contributed by atoms with van der Waals surface area (Å²) in [6, 6.07) is 2.59. The van der Waals surface area contributed by atoms with E-state index >= 15 is 0 Å². The molecular weight excluding hydrogens is 206 g/mol. The van der Waals surface area contributed by atoms with Gasteiger partial charge >= 0.3 is 12.1 Å². The maximum atomic E-state index is 11.4. The van der Waals surface area contributed by atoms with Crippen LogP contribution in [-0.2, 0) is 0 Å². The Kier molecular flexibility index (Phi) is 2.30. The topological polar surface area (TPSA) is 62.1 Å². The Morgan fingerprint density at radius 1 is 0.938 bits per heavy atom. The van der Waals surface area contributed by atoms with E-state index in [-0.39, 0.29) is 0 Å². The van der Waals surface area contributed by atoms with Crippen molar-refractivity contribution in [3.05, 3.63) is 28.8 Å². The van der Waals surface area contributed by atoms with Gasteiger partial charge in [0.1, 0.15) is 0 Å². The monoisotopic (exact) mass is 217 g/mol. The number of anilines is 1. The third-order valence-electron chi connectivity index (χ3n) is 2.46. The Labute approximate surface area is 92.8 Å². The Morgan fingerprint density at radius 2 is 1.38 bits per heavy atom. The van der Waals surface area contributed by atoms with Crippen LogP contribution < -0.4 is 4.90 Å². The molecule has 0 saturated heterocycles. The summed E-state index contributed by atoms with van der Waals surface area (Å²) < 4.78 is 0. The second-order valence-corrected chi connectivity index (χ2v) is 3.85. The molecule has 0 fully saturated rings. The van der Waals surface area contributed by atoms with Crippen LogP contribution in [0.4, 0.5) is 15.3 Å². The van der Waals surface area contributed by atoms with Gasteiger partial charge in [-0.3, -0.25) is 0 Å². The van der Waals surface area contributed by atoms with E-state index in [1.54, 1.807) is 0 Å². The summed E-state index contributed by atoms with van der Waals surface area (Å²) in [6.45, 7) is 5.68. The number of azo groups is 1. The number of amides is 4. The van der Waals surface area contributed by atoms with E-state index in [2.05, 4.69) is 10.2 Å². The fraction of sp³-hybridized carbons (Fsp3) is 0.273. The van der Waals surface area contributed by atoms with Gasteiger partial charge in [-0.1, -0.05) is 27.9 Å². The predicted octanol–water partition coefficient (Wildman–Crippen LogP) is 3.12. The van der Waals surface area contributed by atoms with Gasteiger partial charge in [0.25, 0.3) is 0 Å². The van der Waals surface area contributed by atoms with Gasteiger partial charge in [0.05, 0.1) is 5.69 Å². The van der Waals surface area contributed by atoms with Crippen LogP contribution in [-0.4, -0.2) is 12.1 Å². The molecule has 1 heterocycles. The van der Waals surface area contributed by atoms with Crippen LogP contribution in [0.25, 0.3) is 0 Å². The molecule has 0 aromatic heterocycles. The molecule has 1 aliphatic heterocycles. The summed E-state index contributed by atoms with van der Waals surface area (Å²) >= 11 is 0. The molecule has 5 heteroatoms. The summed E-state index contributed by atoms with van der Waals surface area (Å²) in [5.74, 6) is 0. The van der Waals surface area contributed by atoms with Gasteiger partial charge in [-0.2, -0.15) is 0 Å². The molecule has 0 spiro atoms. The number of benzene rings is 1. The summed E-state index contributed by atoms with van der Waals surface area (Å²) in [5, 5.41) is 6.48. The second kappa shape index (κ2) is 3.52. The smallest absolute Gasteiger partial charge is 0.243 e. The van der Waals surface area contributed by atoms with Crippen molar-refractivity contribution in [2.75, 3.05) is 4.90 Å². The third-order valence-corrected chi connectivity index (χ3v) is 2.46. The molecule has 82 valence electrons.